The molecule has 18 heavy (non-hydrogen) atoms. The molecule has 4 nitrogen and oxygen atoms in total. The van der Waals surface area contributed by atoms with E-state index in [9.17, 15) is 0 Å². The van der Waals surface area contributed by atoms with Gasteiger partial charge in [-0.25, -0.2) is 0 Å². The molecular formula is C14H28O4. The molecule has 0 radical (unpaired) electrons. The van der Waals surface area contributed by atoms with Gasteiger partial charge >= 0.3 is 0 Å². The van der Waals surface area contributed by atoms with Crippen LogP contribution in [0.5, 0.6) is 0 Å². The molecule has 3 aliphatic rings. The fourth-order valence-electron chi connectivity index (χ4n) is 1.81. The summed E-state index contributed by atoms with van der Waals surface area (Å²) in [7, 11) is 0. The van der Waals surface area contributed by atoms with Gasteiger partial charge in [0, 0.05) is 26.4 Å². The van der Waals surface area contributed by atoms with Crippen molar-refractivity contribution in [3.63, 3.8) is 0 Å². The molecule has 0 spiro atoms. The first kappa shape index (κ1) is 15.9. The molecule has 0 amide bonds. The van der Waals surface area contributed by atoms with E-state index in [2.05, 4.69) is 0 Å². The molecule has 0 unspecified atom stereocenters. The van der Waals surface area contributed by atoms with Gasteiger partial charge in [-0.2, -0.15) is 0 Å². The quantitative estimate of drug-likeness (QED) is 0.670. The molecular weight excluding hydrogens is 232 g/mol. The molecule has 0 bridgehead atoms. The van der Waals surface area contributed by atoms with Crippen LogP contribution in [0.4, 0.5) is 0 Å². The lowest BCUT2D eigenvalue weighted by Gasteiger charge is -2.09. The van der Waals surface area contributed by atoms with Gasteiger partial charge in [0.25, 0.3) is 0 Å². The first-order chi connectivity index (χ1) is 9.00. The van der Waals surface area contributed by atoms with Crippen molar-refractivity contribution in [2.75, 3.05) is 52.9 Å². The molecule has 0 N–H and O–H groups in total. The molecule has 3 saturated heterocycles. The summed E-state index contributed by atoms with van der Waals surface area (Å²) in [5.74, 6) is 0. The van der Waals surface area contributed by atoms with Crippen LogP contribution in [-0.2, 0) is 18.9 Å². The van der Waals surface area contributed by atoms with Crippen LogP contribution in [0.15, 0.2) is 0 Å². The van der Waals surface area contributed by atoms with E-state index in [1.54, 1.807) is 0 Å². The van der Waals surface area contributed by atoms with Gasteiger partial charge in [0.05, 0.1) is 26.4 Å². The topological polar surface area (TPSA) is 36.9 Å². The van der Waals surface area contributed by atoms with Gasteiger partial charge in [0.2, 0.25) is 0 Å². The Morgan fingerprint density at radius 1 is 0.278 bits per heavy atom. The van der Waals surface area contributed by atoms with Crippen LogP contribution < -0.4 is 0 Å². The molecule has 0 aromatic rings. The molecule has 0 aliphatic carbocycles. The van der Waals surface area contributed by atoms with E-state index >= 15 is 0 Å². The summed E-state index contributed by atoms with van der Waals surface area (Å²) in [5.41, 5.74) is 0. The summed E-state index contributed by atoms with van der Waals surface area (Å²) in [6.45, 7) is 7.11. The molecule has 3 rings (SSSR count). The minimum absolute atomic E-state index is 0.778. The summed E-state index contributed by atoms with van der Waals surface area (Å²) in [5, 5.41) is 0. The second-order valence-corrected chi connectivity index (χ2v) is 4.57. The average molecular weight is 260 g/mol. The fourth-order valence-corrected chi connectivity index (χ4v) is 1.81. The van der Waals surface area contributed by atoms with E-state index in [0.29, 0.717) is 0 Å². The number of hydrogen-bond donors (Lipinski definition) is 0. The predicted molar refractivity (Wildman–Crippen MR) is 71.0 cm³/mol. The Morgan fingerprint density at radius 3 is 0.667 bits per heavy atom. The first-order valence-corrected chi connectivity index (χ1v) is 7.31. The van der Waals surface area contributed by atoms with Gasteiger partial charge in [-0.1, -0.05) is 0 Å². The number of rotatable bonds is 0. The Labute approximate surface area is 111 Å². The minimum atomic E-state index is 0.778. The van der Waals surface area contributed by atoms with Crippen LogP contribution in [0.1, 0.15) is 38.5 Å². The van der Waals surface area contributed by atoms with E-state index in [0.717, 1.165) is 52.9 Å². The summed E-state index contributed by atoms with van der Waals surface area (Å²) in [4.78, 5) is 0. The van der Waals surface area contributed by atoms with Crippen molar-refractivity contribution < 1.29 is 18.9 Å². The largest absolute Gasteiger partial charge is 0.381 e. The Bertz CT molecular complexity index is 88.8. The fraction of sp³-hybridized carbons (Fsp3) is 1.00. The number of ether oxygens (including phenoxy) is 4. The van der Waals surface area contributed by atoms with Crippen LogP contribution in [0, 0.1) is 0 Å². The summed E-state index contributed by atoms with van der Waals surface area (Å²) >= 11 is 0. The number of hydrogen-bond acceptors (Lipinski definition) is 4. The smallest absolute Gasteiger partial charge is 0.0701 e. The van der Waals surface area contributed by atoms with Gasteiger partial charge in [-0.15, -0.1) is 0 Å². The van der Waals surface area contributed by atoms with E-state index in [1.807, 2.05) is 0 Å². The minimum Gasteiger partial charge on any atom is -0.381 e. The molecule has 3 heterocycles. The summed E-state index contributed by atoms with van der Waals surface area (Å²) in [6.07, 6.45) is 7.86. The third-order valence-electron chi connectivity index (χ3n) is 2.90. The van der Waals surface area contributed by atoms with Gasteiger partial charge < -0.3 is 18.9 Å². The zero-order valence-corrected chi connectivity index (χ0v) is 11.5. The standard InChI is InChI=1S/2C5H10O.C4H8O2/c2*1-2-4-6-5-3-1;1-2-6-4-3-5-1/h2*1-5H2;1-4H2. The average Bonchev–Trinajstić information content (AvgIpc) is 2.54. The van der Waals surface area contributed by atoms with Crippen LogP contribution >= 0.6 is 0 Å². The van der Waals surface area contributed by atoms with Crippen molar-refractivity contribution in [1.82, 2.24) is 0 Å². The molecule has 108 valence electrons. The Kier molecular flexibility index (Phi) is 11.7. The maximum absolute atomic E-state index is 5.07. The summed E-state index contributed by atoms with van der Waals surface area (Å²) in [6, 6.07) is 0. The van der Waals surface area contributed by atoms with Crippen LogP contribution in [0.3, 0.4) is 0 Å². The lowest BCUT2D eigenvalue weighted by Crippen LogP contribution is -2.16. The maximum Gasteiger partial charge on any atom is 0.0701 e. The van der Waals surface area contributed by atoms with Crippen LogP contribution in [0.25, 0.3) is 0 Å². The van der Waals surface area contributed by atoms with Crippen LogP contribution in [-0.4, -0.2) is 52.9 Å². The molecule has 4 heteroatoms. The highest BCUT2D eigenvalue weighted by atomic mass is 16.6. The van der Waals surface area contributed by atoms with Gasteiger partial charge in [-0.3, -0.25) is 0 Å². The highest BCUT2D eigenvalue weighted by Crippen LogP contribution is 2.02. The molecule has 3 fully saturated rings. The van der Waals surface area contributed by atoms with Crippen molar-refractivity contribution >= 4 is 0 Å². The van der Waals surface area contributed by atoms with Crippen LogP contribution in [0.2, 0.25) is 0 Å². The highest BCUT2D eigenvalue weighted by molar-refractivity contribution is 4.45. The zero-order chi connectivity index (χ0) is 12.7. The van der Waals surface area contributed by atoms with Crippen molar-refractivity contribution in [2.24, 2.45) is 0 Å². The van der Waals surface area contributed by atoms with Gasteiger partial charge in [-0.05, 0) is 38.5 Å². The van der Waals surface area contributed by atoms with Crippen molar-refractivity contribution in [2.45, 2.75) is 38.5 Å². The maximum atomic E-state index is 5.07. The normalized spacial score (nSPS) is 24.0. The SMILES string of the molecule is C1CCOCC1.C1CCOCC1.C1COCCO1. The lowest BCUT2D eigenvalue weighted by molar-refractivity contribution is -0.0334. The molecule has 0 atom stereocenters. The third-order valence-corrected chi connectivity index (χ3v) is 2.90. The lowest BCUT2D eigenvalue weighted by atomic mass is 10.2. The van der Waals surface area contributed by atoms with E-state index < -0.39 is 0 Å². The summed E-state index contributed by atoms with van der Waals surface area (Å²) < 4.78 is 20.0. The Hall–Kier alpha value is -0.160. The molecule has 0 aromatic heterocycles. The zero-order valence-electron chi connectivity index (χ0n) is 11.5. The molecule has 3 aliphatic heterocycles. The van der Waals surface area contributed by atoms with Crippen molar-refractivity contribution in [3.05, 3.63) is 0 Å². The Balaban J connectivity index is 0.000000135. The first-order valence-electron chi connectivity index (χ1n) is 7.31. The van der Waals surface area contributed by atoms with Crippen molar-refractivity contribution in [3.8, 4) is 0 Å². The van der Waals surface area contributed by atoms with Gasteiger partial charge in [0.1, 0.15) is 0 Å². The highest BCUT2D eigenvalue weighted by Gasteiger charge is 1.96. The third kappa shape index (κ3) is 11.0. The second-order valence-electron chi connectivity index (χ2n) is 4.57. The predicted octanol–water partition coefficient (Wildman–Crippen LogP) is 2.41. The molecule has 0 saturated carbocycles. The van der Waals surface area contributed by atoms with E-state index in [4.69, 9.17) is 18.9 Å². The second kappa shape index (κ2) is 13.3. The molecule has 0 aromatic carbocycles. The monoisotopic (exact) mass is 260 g/mol. The van der Waals surface area contributed by atoms with E-state index in [1.165, 1.54) is 38.5 Å². The Morgan fingerprint density at radius 2 is 0.556 bits per heavy atom. The van der Waals surface area contributed by atoms with Gasteiger partial charge in [0.15, 0.2) is 0 Å². The van der Waals surface area contributed by atoms with Crippen molar-refractivity contribution in [1.29, 1.82) is 0 Å². The van der Waals surface area contributed by atoms with E-state index in [-0.39, 0.29) is 0 Å².